The molecule has 0 spiro atoms. The second-order valence-electron chi connectivity index (χ2n) is 5.97. The summed E-state index contributed by atoms with van der Waals surface area (Å²) in [6, 6.07) is 8.62. The van der Waals surface area contributed by atoms with Gasteiger partial charge in [0.05, 0.1) is 12.2 Å². The number of aryl methyl sites for hydroxylation is 2. The first kappa shape index (κ1) is 15.0. The summed E-state index contributed by atoms with van der Waals surface area (Å²) in [7, 11) is 0. The second-order valence-corrected chi connectivity index (χ2v) is 6.58. The van der Waals surface area contributed by atoms with E-state index in [-0.39, 0.29) is 11.9 Å². The van der Waals surface area contributed by atoms with Crippen LogP contribution >= 0.6 is 11.5 Å². The molecule has 0 bridgehead atoms. The molecule has 0 saturated carbocycles. The Morgan fingerprint density at radius 3 is 3.08 bits per heavy atom. The number of carbonyl (C=O) groups is 1. The lowest BCUT2D eigenvalue weighted by atomic mass is 9.88. The van der Waals surface area contributed by atoms with Gasteiger partial charge in [0.2, 0.25) is 0 Å². The van der Waals surface area contributed by atoms with Crippen molar-refractivity contribution >= 4 is 23.3 Å². The first-order valence-corrected chi connectivity index (χ1v) is 8.78. The minimum atomic E-state index is -0.252. The van der Waals surface area contributed by atoms with E-state index in [1.165, 1.54) is 11.1 Å². The summed E-state index contributed by atoms with van der Waals surface area (Å²) < 4.78 is 5.68. The van der Waals surface area contributed by atoms with Crippen molar-refractivity contribution in [3.63, 3.8) is 0 Å². The molecule has 1 aromatic carbocycles. The minimum Gasteiger partial charge on any atom is -0.305 e. The van der Waals surface area contributed by atoms with Crippen LogP contribution in [0.15, 0.2) is 35.8 Å². The van der Waals surface area contributed by atoms with Crippen molar-refractivity contribution in [2.24, 2.45) is 0 Å². The zero-order chi connectivity index (χ0) is 16.5. The lowest BCUT2D eigenvalue weighted by molar-refractivity contribution is 0.102. The lowest BCUT2D eigenvalue weighted by Gasteiger charge is -2.27. The molecule has 0 saturated heterocycles. The zero-order valence-electron chi connectivity index (χ0n) is 13.3. The third-order valence-corrected chi connectivity index (χ3v) is 4.94. The van der Waals surface area contributed by atoms with Crippen molar-refractivity contribution in [2.75, 3.05) is 5.32 Å². The topological polar surface area (TPSA) is 72.7 Å². The third-order valence-electron chi connectivity index (χ3n) is 4.44. The smallest absolute Gasteiger partial charge is 0.278 e. The van der Waals surface area contributed by atoms with Gasteiger partial charge in [0.15, 0.2) is 5.69 Å². The molecule has 0 radical (unpaired) electrons. The summed E-state index contributed by atoms with van der Waals surface area (Å²) in [5.41, 5.74) is 3.92. The van der Waals surface area contributed by atoms with Gasteiger partial charge in [-0.1, -0.05) is 28.8 Å². The first-order valence-electron chi connectivity index (χ1n) is 7.94. The lowest BCUT2D eigenvalue weighted by Crippen LogP contribution is -2.23. The van der Waals surface area contributed by atoms with Gasteiger partial charge in [-0.3, -0.25) is 4.79 Å². The maximum atomic E-state index is 12.4. The summed E-state index contributed by atoms with van der Waals surface area (Å²) in [5.74, 6) is 0.479. The van der Waals surface area contributed by atoms with E-state index in [0.29, 0.717) is 5.69 Å². The van der Waals surface area contributed by atoms with Gasteiger partial charge in [0.1, 0.15) is 5.82 Å². The maximum absolute atomic E-state index is 12.4. The molecule has 2 heterocycles. The average Bonchev–Trinajstić information content (AvgIpc) is 3.26. The molecule has 4 rings (SSSR count). The van der Waals surface area contributed by atoms with Crippen molar-refractivity contribution < 1.29 is 4.79 Å². The van der Waals surface area contributed by atoms with Crippen LogP contribution in [0.4, 0.5) is 5.82 Å². The number of amides is 1. The van der Waals surface area contributed by atoms with Gasteiger partial charge in [0, 0.05) is 10.9 Å². The summed E-state index contributed by atoms with van der Waals surface area (Å²) in [6.45, 7) is 1.95. The van der Waals surface area contributed by atoms with Crippen LogP contribution in [0, 0.1) is 6.92 Å². The highest BCUT2D eigenvalue weighted by molar-refractivity contribution is 7.03. The Kier molecular flexibility index (Phi) is 3.86. The Morgan fingerprint density at radius 1 is 1.38 bits per heavy atom. The number of aromatic nitrogens is 4. The molecule has 3 aromatic rings. The van der Waals surface area contributed by atoms with E-state index in [9.17, 15) is 4.79 Å². The molecule has 1 aliphatic rings. The van der Waals surface area contributed by atoms with Crippen LogP contribution in [0.5, 0.6) is 0 Å². The Balaban J connectivity index is 1.70. The van der Waals surface area contributed by atoms with E-state index < -0.39 is 0 Å². The fourth-order valence-corrected chi connectivity index (χ4v) is 3.69. The average molecular weight is 339 g/mol. The number of anilines is 1. The van der Waals surface area contributed by atoms with E-state index in [1.807, 2.05) is 11.6 Å². The van der Waals surface area contributed by atoms with E-state index in [4.69, 9.17) is 0 Å². The molecule has 2 aromatic heterocycles. The van der Waals surface area contributed by atoms with Crippen molar-refractivity contribution in [2.45, 2.75) is 32.2 Å². The summed E-state index contributed by atoms with van der Waals surface area (Å²) in [6.07, 6.45) is 5.02. The van der Waals surface area contributed by atoms with Gasteiger partial charge < -0.3 is 5.32 Å². The number of fused-ring (bicyclic) bond motifs is 1. The largest absolute Gasteiger partial charge is 0.305 e. The van der Waals surface area contributed by atoms with Crippen LogP contribution in [-0.2, 0) is 6.42 Å². The van der Waals surface area contributed by atoms with Crippen molar-refractivity contribution in [1.82, 2.24) is 19.4 Å². The van der Waals surface area contributed by atoms with E-state index >= 15 is 0 Å². The van der Waals surface area contributed by atoms with Crippen LogP contribution in [0.1, 0.15) is 46.1 Å². The van der Waals surface area contributed by atoms with Crippen molar-refractivity contribution in [3.8, 4) is 0 Å². The fraction of sp³-hybridized carbons (Fsp3) is 0.294. The number of carbonyl (C=O) groups excluding carboxylic acids is 1. The van der Waals surface area contributed by atoms with E-state index in [1.54, 1.807) is 11.6 Å². The van der Waals surface area contributed by atoms with Crippen LogP contribution in [0.3, 0.4) is 0 Å². The SMILES string of the molecule is Cc1cnn([C@@H]2CCCc3ccccc32)c1NC(=O)c1csnn1. The van der Waals surface area contributed by atoms with Gasteiger partial charge in [0.25, 0.3) is 5.91 Å². The van der Waals surface area contributed by atoms with Gasteiger partial charge in [-0.2, -0.15) is 5.10 Å². The molecule has 1 aliphatic carbocycles. The molecule has 0 fully saturated rings. The van der Waals surface area contributed by atoms with Crippen LogP contribution in [0.25, 0.3) is 0 Å². The highest BCUT2D eigenvalue weighted by Crippen LogP contribution is 2.35. The first-order chi connectivity index (χ1) is 11.7. The van der Waals surface area contributed by atoms with Gasteiger partial charge in [-0.25, -0.2) is 4.68 Å². The third kappa shape index (κ3) is 2.60. The molecule has 0 aliphatic heterocycles. The summed E-state index contributed by atoms with van der Waals surface area (Å²) >= 11 is 1.16. The number of hydrogen-bond acceptors (Lipinski definition) is 5. The van der Waals surface area contributed by atoms with Crippen LogP contribution in [-0.4, -0.2) is 25.3 Å². The molecule has 24 heavy (non-hydrogen) atoms. The predicted octanol–water partition coefficient (Wildman–Crippen LogP) is 3.22. The molecule has 1 amide bonds. The number of nitrogens with one attached hydrogen (secondary N) is 1. The standard InChI is InChI=1S/C17H17N5OS/c1-11-9-18-22(16(11)19-17(23)14-10-24-21-20-14)15-8-4-6-12-5-2-3-7-13(12)15/h2-3,5,7,9-10,15H,4,6,8H2,1H3,(H,19,23)/t15-/m1/s1. The Labute approximate surface area is 143 Å². The van der Waals surface area contributed by atoms with E-state index in [0.717, 1.165) is 42.2 Å². The van der Waals surface area contributed by atoms with E-state index in [2.05, 4.69) is 44.3 Å². The monoisotopic (exact) mass is 339 g/mol. The molecule has 1 N–H and O–H groups in total. The summed E-state index contributed by atoms with van der Waals surface area (Å²) in [4.78, 5) is 12.4. The fourth-order valence-electron chi connectivity index (χ4n) is 3.26. The second kappa shape index (κ2) is 6.16. The summed E-state index contributed by atoms with van der Waals surface area (Å²) in [5, 5.41) is 13.0. The normalized spacial score (nSPS) is 16.6. The molecule has 1 atom stereocenters. The van der Waals surface area contributed by atoms with Crippen molar-refractivity contribution in [1.29, 1.82) is 0 Å². The van der Waals surface area contributed by atoms with Crippen LogP contribution in [0.2, 0.25) is 0 Å². The zero-order valence-corrected chi connectivity index (χ0v) is 14.1. The number of nitrogens with zero attached hydrogens (tertiary/aromatic N) is 4. The maximum Gasteiger partial charge on any atom is 0.278 e. The Hall–Kier alpha value is -2.54. The Bertz CT molecular complexity index is 871. The molecule has 0 unspecified atom stereocenters. The highest BCUT2D eigenvalue weighted by Gasteiger charge is 2.25. The Morgan fingerprint density at radius 2 is 2.25 bits per heavy atom. The molecule has 122 valence electrons. The predicted molar refractivity (Wildman–Crippen MR) is 92.3 cm³/mol. The minimum absolute atomic E-state index is 0.146. The highest BCUT2D eigenvalue weighted by atomic mass is 32.1. The molecular formula is C17H17N5OS. The van der Waals surface area contributed by atoms with Crippen molar-refractivity contribution in [3.05, 3.63) is 58.2 Å². The van der Waals surface area contributed by atoms with Crippen LogP contribution < -0.4 is 5.32 Å². The van der Waals surface area contributed by atoms with Gasteiger partial charge in [-0.05, 0) is 48.8 Å². The molecule has 7 heteroatoms. The van der Waals surface area contributed by atoms with Gasteiger partial charge >= 0.3 is 0 Å². The molecular weight excluding hydrogens is 322 g/mol. The molecule has 6 nitrogen and oxygen atoms in total. The van der Waals surface area contributed by atoms with Gasteiger partial charge in [-0.15, -0.1) is 5.10 Å². The number of rotatable bonds is 3. The number of benzene rings is 1. The number of hydrogen-bond donors (Lipinski definition) is 1. The quantitative estimate of drug-likeness (QED) is 0.795.